The van der Waals surface area contributed by atoms with E-state index in [9.17, 15) is 4.79 Å². The Balaban J connectivity index is 0.00000261. The molecule has 0 spiro atoms. The van der Waals surface area contributed by atoms with Gasteiger partial charge in [0.15, 0.2) is 5.96 Å². The summed E-state index contributed by atoms with van der Waals surface area (Å²) in [6.45, 7) is 1.99. The van der Waals surface area contributed by atoms with E-state index in [0.29, 0.717) is 25.5 Å². The summed E-state index contributed by atoms with van der Waals surface area (Å²) in [5.41, 5.74) is 9.01. The molecule has 0 radical (unpaired) electrons. The number of carbonyl (C=O) groups is 1. The normalized spacial score (nSPS) is 14.0. The fourth-order valence-electron chi connectivity index (χ4n) is 2.96. The summed E-state index contributed by atoms with van der Waals surface area (Å²) in [6.07, 6.45) is 1.62. The number of ether oxygens (including phenoxy) is 1. The summed E-state index contributed by atoms with van der Waals surface area (Å²) in [5, 5.41) is 3.06. The van der Waals surface area contributed by atoms with Gasteiger partial charge < -0.3 is 20.7 Å². The highest BCUT2D eigenvalue weighted by molar-refractivity contribution is 14.0. The molecule has 3 rings (SSSR count). The average Bonchev–Trinajstić information content (AvgIpc) is 3.06. The molecule has 2 aromatic carbocycles. The number of methoxy groups -OCH3 is 1. The highest BCUT2D eigenvalue weighted by Gasteiger charge is 2.19. The van der Waals surface area contributed by atoms with Crippen LogP contribution < -0.4 is 15.8 Å². The van der Waals surface area contributed by atoms with Crippen molar-refractivity contribution >= 4 is 41.5 Å². The molecule has 6 nitrogen and oxygen atoms in total. The molecule has 1 saturated heterocycles. The van der Waals surface area contributed by atoms with Crippen LogP contribution in [0.15, 0.2) is 53.5 Å². The summed E-state index contributed by atoms with van der Waals surface area (Å²) in [5.74, 6) is 1.39. The van der Waals surface area contributed by atoms with Crippen LogP contribution >= 0.6 is 24.0 Å². The molecular formula is C20H25IN4O2. The summed E-state index contributed by atoms with van der Waals surface area (Å²) < 4.78 is 5.13. The van der Waals surface area contributed by atoms with E-state index in [0.717, 1.165) is 35.5 Å². The Morgan fingerprint density at radius 1 is 1.22 bits per heavy atom. The maximum atomic E-state index is 11.8. The molecule has 1 amide bonds. The lowest BCUT2D eigenvalue weighted by Crippen LogP contribution is -2.24. The number of benzene rings is 2. The number of carbonyl (C=O) groups excluding carboxylic acids is 1. The van der Waals surface area contributed by atoms with Gasteiger partial charge in [-0.2, -0.15) is 0 Å². The Morgan fingerprint density at radius 2 is 1.96 bits per heavy atom. The maximum Gasteiger partial charge on any atom is 0.222 e. The number of nitrogens with one attached hydrogen (secondary N) is 1. The van der Waals surface area contributed by atoms with Crippen molar-refractivity contribution in [1.82, 2.24) is 4.90 Å². The summed E-state index contributed by atoms with van der Waals surface area (Å²) >= 11 is 0. The lowest BCUT2D eigenvalue weighted by molar-refractivity contribution is -0.128. The topological polar surface area (TPSA) is 80.0 Å². The van der Waals surface area contributed by atoms with Gasteiger partial charge in [0.05, 0.1) is 13.7 Å². The minimum atomic E-state index is 0. The van der Waals surface area contributed by atoms with Crippen molar-refractivity contribution in [2.24, 2.45) is 10.7 Å². The minimum Gasteiger partial charge on any atom is -0.497 e. The predicted octanol–water partition coefficient (Wildman–Crippen LogP) is 3.36. The second-order valence-electron chi connectivity index (χ2n) is 6.29. The SMILES string of the molecule is COc1ccc(NC(N)=NCc2cccc(CN3CCCC3=O)c2)cc1.I. The molecule has 2 aromatic rings. The number of nitrogens with two attached hydrogens (primary N) is 1. The Labute approximate surface area is 176 Å². The molecule has 144 valence electrons. The number of guanidine groups is 1. The average molecular weight is 480 g/mol. The zero-order chi connectivity index (χ0) is 18.4. The van der Waals surface area contributed by atoms with Crippen LogP contribution in [0.4, 0.5) is 5.69 Å². The van der Waals surface area contributed by atoms with Crippen molar-refractivity contribution in [2.45, 2.75) is 25.9 Å². The molecular weight excluding hydrogens is 455 g/mol. The number of anilines is 1. The zero-order valence-electron chi connectivity index (χ0n) is 15.4. The van der Waals surface area contributed by atoms with Crippen molar-refractivity contribution < 1.29 is 9.53 Å². The van der Waals surface area contributed by atoms with Gasteiger partial charge in [-0.3, -0.25) is 4.79 Å². The third-order valence-corrected chi connectivity index (χ3v) is 4.33. The van der Waals surface area contributed by atoms with Crippen LogP contribution in [0.3, 0.4) is 0 Å². The molecule has 3 N–H and O–H groups in total. The first kappa shape index (κ1) is 21.0. The Morgan fingerprint density at radius 3 is 2.63 bits per heavy atom. The smallest absolute Gasteiger partial charge is 0.222 e. The Hall–Kier alpha value is -2.29. The predicted molar refractivity (Wildman–Crippen MR) is 118 cm³/mol. The van der Waals surface area contributed by atoms with E-state index in [1.165, 1.54) is 0 Å². The second kappa shape index (κ2) is 10.1. The van der Waals surface area contributed by atoms with Crippen LogP contribution in [0.25, 0.3) is 0 Å². The van der Waals surface area contributed by atoms with Crippen LogP contribution in [0.2, 0.25) is 0 Å². The van der Waals surface area contributed by atoms with E-state index < -0.39 is 0 Å². The number of aliphatic imine (C=N–C) groups is 1. The van der Waals surface area contributed by atoms with Crippen LogP contribution in [0.1, 0.15) is 24.0 Å². The number of likely N-dealkylation sites (tertiary alicyclic amines) is 1. The fourth-order valence-corrected chi connectivity index (χ4v) is 2.96. The lowest BCUT2D eigenvalue weighted by Gasteiger charge is -2.15. The van der Waals surface area contributed by atoms with E-state index in [1.807, 2.05) is 47.4 Å². The molecule has 0 unspecified atom stereocenters. The first-order valence-electron chi connectivity index (χ1n) is 8.70. The van der Waals surface area contributed by atoms with Gasteiger partial charge in [0.2, 0.25) is 5.91 Å². The highest BCUT2D eigenvalue weighted by atomic mass is 127. The van der Waals surface area contributed by atoms with Crippen molar-refractivity contribution in [1.29, 1.82) is 0 Å². The van der Waals surface area contributed by atoms with Crippen molar-refractivity contribution in [3.63, 3.8) is 0 Å². The van der Waals surface area contributed by atoms with E-state index in [1.54, 1.807) is 7.11 Å². The number of hydrogen-bond donors (Lipinski definition) is 2. The monoisotopic (exact) mass is 480 g/mol. The Bertz CT molecular complexity index is 793. The highest BCUT2D eigenvalue weighted by Crippen LogP contribution is 2.16. The van der Waals surface area contributed by atoms with Gasteiger partial charge in [0.1, 0.15) is 5.75 Å². The van der Waals surface area contributed by atoms with Crippen LogP contribution in [-0.2, 0) is 17.9 Å². The Kier molecular flexibility index (Phi) is 7.90. The first-order chi connectivity index (χ1) is 12.6. The van der Waals surface area contributed by atoms with Crippen molar-refractivity contribution in [3.05, 3.63) is 59.7 Å². The quantitative estimate of drug-likeness (QED) is 0.378. The summed E-state index contributed by atoms with van der Waals surface area (Å²) in [6, 6.07) is 15.6. The molecule has 1 aliphatic heterocycles. The largest absolute Gasteiger partial charge is 0.497 e. The van der Waals surface area contributed by atoms with Crippen LogP contribution in [0.5, 0.6) is 5.75 Å². The number of nitrogens with zero attached hydrogens (tertiary/aromatic N) is 2. The molecule has 0 aromatic heterocycles. The van der Waals surface area contributed by atoms with Crippen LogP contribution in [-0.4, -0.2) is 30.4 Å². The third kappa shape index (κ3) is 6.13. The van der Waals surface area contributed by atoms with Crippen molar-refractivity contribution in [3.8, 4) is 5.75 Å². The summed E-state index contributed by atoms with van der Waals surface area (Å²) in [4.78, 5) is 18.1. The molecule has 0 saturated carbocycles. The van der Waals surface area contributed by atoms with Gasteiger partial charge in [0, 0.05) is 25.2 Å². The van der Waals surface area contributed by atoms with Gasteiger partial charge in [-0.1, -0.05) is 24.3 Å². The maximum absolute atomic E-state index is 11.8. The molecule has 1 fully saturated rings. The standard InChI is InChI=1S/C20H24N4O2.HI/c1-26-18-9-7-17(8-10-18)23-20(21)22-13-15-4-2-5-16(12-15)14-24-11-3-6-19(24)25;/h2,4-5,7-10,12H,3,6,11,13-14H2,1H3,(H3,21,22,23);1H. The van der Waals surface area contributed by atoms with E-state index >= 15 is 0 Å². The molecule has 1 heterocycles. The number of rotatable bonds is 6. The van der Waals surface area contributed by atoms with E-state index in [-0.39, 0.29) is 29.9 Å². The molecule has 0 bridgehead atoms. The number of halogens is 1. The molecule has 0 aliphatic carbocycles. The molecule has 0 atom stereocenters. The zero-order valence-corrected chi connectivity index (χ0v) is 17.7. The van der Waals surface area contributed by atoms with Crippen LogP contribution in [0, 0.1) is 0 Å². The van der Waals surface area contributed by atoms with Gasteiger partial charge >= 0.3 is 0 Å². The van der Waals surface area contributed by atoms with E-state index in [4.69, 9.17) is 10.5 Å². The fraction of sp³-hybridized carbons (Fsp3) is 0.300. The second-order valence-corrected chi connectivity index (χ2v) is 6.29. The van der Waals surface area contributed by atoms with E-state index in [2.05, 4.69) is 16.4 Å². The van der Waals surface area contributed by atoms with Gasteiger partial charge in [0.25, 0.3) is 0 Å². The molecule has 27 heavy (non-hydrogen) atoms. The van der Waals surface area contributed by atoms with Crippen molar-refractivity contribution in [2.75, 3.05) is 19.0 Å². The number of amides is 1. The third-order valence-electron chi connectivity index (χ3n) is 4.33. The van der Waals surface area contributed by atoms with Gasteiger partial charge in [-0.15, -0.1) is 24.0 Å². The van der Waals surface area contributed by atoms with Gasteiger partial charge in [-0.25, -0.2) is 4.99 Å². The molecule has 7 heteroatoms. The van der Waals surface area contributed by atoms with Gasteiger partial charge in [-0.05, 0) is 41.8 Å². The molecule has 1 aliphatic rings. The first-order valence-corrected chi connectivity index (χ1v) is 8.70. The number of hydrogen-bond acceptors (Lipinski definition) is 3. The lowest BCUT2D eigenvalue weighted by atomic mass is 10.1. The minimum absolute atomic E-state index is 0. The summed E-state index contributed by atoms with van der Waals surface area (Å²) in [7, 11) is 1.63.